The standard InChI is InChI=1S/C24H35N5O3/c1-19(30)26-11-15-28(16-12-26)23(31)22(20-7-5-6-8-20)27-13-17-29(18-14-27)24(32)25-21-9-3-2-4-10-21/h2-4,9-10,20,22H,5-8,11-18H2,1H3,(H,25,32). The minimum absolute atomic E-state index is 0.0781. The predicted molar refractivity (Wildman–Crippen MR) is 123 cm³/mol. The summed E-state index contributed by atoms with van der Waals surface area (Å²) in [5.41, 5.74) is 0.795. The lowest BCUT2D eigenvalue weighted by molar-refractivity contribution is -0.144. The molecule has 3 aliphatic rings. The molecule has 1 unspecified atom stereocenters. The quantitative estimate of drug-likeness (QED) is 0.776. The zero-order chi connectivity index (χ0) is 22.5. The smallest absolute Gasteiger partial charge is 0.321 e. The monoisotopic (exact) mass is 441 g/mol. The van der Waals surface area contributed by atoms with E-state index in [-0.39, 0.29) is 23.9 Å². The first-order valence-corrected chi connectivity index (χ1v) is 11.9. The Morgan fingerprint density at radius 3 is 1.97 bits per heavy atom. The first-order valence-electron chi connectivity index (χ1n) is 11.9. The molecule has 32 heavy (non-hydrogen) atoms. The number of hydrogen-bond acceptors (Lipinski definition) is 4. The average Bonchev–Trinajstić information content (AvgIpc) is 3.34. The second-order valence-corrected chi connectivity index (χ2v) is 9.14. The molecular formula is C24H35N5O3. The Balaban J connectivity index is 1.36. The van der Waals surface area contributed by atoms with Crippen molar-refractivity contribution >= 4 is 23.5 Å². The second kappa shape index (κ2) is 10.3. The van der Waals surface area contributed by atoms with Gasteiger partial charge in [-0.2, -0.15) is 0 Å². The number of benzene rings is 1. The van der Waals surface area contributed by atoms with Crippen molar-refractivity contribution in [1.29, 1.82) is 0 Å². The molecule has 8 heteroatoms. The molecule has 174 valence electrons. The van der Waals surface area contributed by atoms with Gasteiger partial charge >= 0.3 is 6.03 Å². The van der Waals surface area contributed by atoms with Crippen LogP contribution in [0, 0.1) is 5.92 Å². The number of amides is 4. The van der Waals surface area contributed by atoms with Gasteiger partial charge in [0, 0.05) is 65.0 Å². The van der Waals surface area contributed by atoms with Crippen LogP contribution in [0.25, 0.3) is 0 Å². The van der Waals surface area contributed by atoms with E-state index in [2.05, 4.69) is 10.2 Å². The van der Waals surface area contributed by atoms with E-state index in [4.69, 9.17) is 0 Å². The van der Waals surface area contributed by atoms with E-state index in [1.54, 1.807) is 6.92 Å². The molecule has 8 nitrogen and oxygen atoms in total. The van der Waals surface area contributed by atoms with E-state index in [0.29, 0.717) is 58.3 Å². The molecule has 2 heterocycles. The summed E-state index contributed by atoms with van der Waals surface area (Å²) >= 11 is 0. The summed E-state index contributed by atoms with van der Waals surface area (Å²) in [5, 5.41) is 2.96. The molecule has 3 fully saturated rings. The van der Waals surface area contributed by atoms with Gasteiger partial charge in [0.05, 0.1) is 6.04 Å². The molecule has 4 rings (SSSR count). The van der Waals surface area contributed by atoms with Gasteiger partial charge in [-0.1, -0.05) is 31.0 Å². The first kappa shape index (κ1) is 22.6. The van der Waals surface area contributed by atoms with Crippen molar-refractivity contribution < 1.29 is 14.4 Å². The van der Waals surface area contributed by atoms with Crippen LogP contribution in [-0.2, 0) is 9.59 Å². The topological polar surface area (TPSA) is 76.2 Å². The lowest BCUT2D eigenvalue weighted by atomic mass is 9.94. The van der Waals surface area contributed by atoms with Crippen LogP contribution in [0.4, 0.5) is 10.5 Å². The first-order chi connectivity index (χ1) is 15.5. The molecule has 0 spiro atoms. The average molecular weight is 442 g/mol. The molecule has 1 aromatic carbocycles. The minimum atomic E-state index is -0.110. The molecule has 0 radical (unpaired) electrons. The Kier molecular flexibility index (Phi) is 7.29. The van der Waals surface area contributed by atoms with Gasteiger partial charge in [-0.3, -0.25) is 14.5 Å². The number of carbonyl (C=O) groups excluding carboxylic acids is 3. The van der Waals surface area contributed by atoms with Crippen LogP contribution in [0.5, 0.6) is 0 Å². The lowest BCUT2D eigenvalue weighted by Gasteiger charge is -2.43. The third-order valence-electron chi connectivity index (χ3n) is 7.16. The molecule has 0 aromatic heterocycles. The zero-order valence-corrected chi connectivity index (χ0v) is 19.0. The Bertz CT molecular complexity index is 795. The fourth-order valence-electron chi connectivity index (χ4n) is 5.29. The predicted octanol–water partition coefficient (Wildman–Crippen LogP) is 2.09. The summed E-state index contributed by atoms with van der Waals surface area (Å²) in [4.78, 5) is 45.8. The number of nitrogens with zero attached hydrogens (tertiary/aromatic N) is 4. The van der Waals surface area contributed by atoms with Gasteiger partial charge in [-0.15, -0.1) is 0 Å². The Morgan fingerprint density at radius 1 is 0.812 bits per heavy atom. The SMILES string of the molecule is CC(=O)N1CCN(C(=O)C(C2CCCC2)N2CCN(C(=O)Nc3ccccc3)CC2)CC1. The van der Waals surface area contributed by atoms with Gasteiger partial charge < -0.3 is 20.0 Å². The van der Waals surface area contributed by atoms with Crippen LogP contribution in [0.15, 0.2) is 30.3 Å². The molecular weight excluding hydrogens is 406 g/mol. The normalized spacial score (nSPS) is 21.5. The Labute approximate surface area is 190 Å². The largest absolute Gasteiger partial charge is 0.339 e. The maximum Gasteiger partial charge on any atom is 0.321 e. The summed E-state index contributed by atoms with van der Waals surface area (Å²) in [6.07, 6.45) is 4.56. The van der Waals surface area contributed by atoms with Crippen LogP contribution >= 0.6 is 0 Å². The highest BCUT2D eigenvalue weighted by Gasteiger charge is 2.40. The van der Waals surface area contributed by atoms with Crippen LogP contribution in [-0.4, -0.2) is 95.8 Å². The third kappa shape index (κ3) is 5.23. The van der Waals surface area contributed by atoms with Crippen molar-refractivity contribution in [3.8, 4) is 0 Å². The van der Waals surface area contributed by atoms with Gasteiger partial charge in [0.1, 0.15) is 0 Å². The van der Waals surface area contributed by atoms with Crippen LogP contribution in [0.3, 0.4) is 0 Å². The molecule has 4 amide bonds. The Morgan fingerprint density at radius 2 is 1.38 bits per heavy atom. The van der Waals surface area contributed by atoms with Crippen LogP contribution in [0.2, 0.25) is 0 Å². The van der Waals surface area contributed by atoms with Gasteiger partial charge in [-0.05, 0) is 30.9 Å². The summed E-state index contributed by atoms with van der Waals surface area (Å²) in [5.74, 6) is 0.676. The van der Waals surface area contributed by atoms with Crippen LogP contribution in [0.1, 0.15) is 32.6 Å². The maximum atomic E-state index is 13.6. The highest BCUT2D eigenvalue weighted by molar-refractivity contribution is 5.89. The summed E-state index contributed by atoms with van der Waals surface area (Å²) in [6, 6.07) is 9.31. The highest BCUT2D eigenvalue weighted by Crippen LogP contribution is 2.32. The summed E-state index contributed by atoms with van der Waals surface area (Å²) in [6.45, 7) is 6.71. The summed E-state index contributed by atoms with van der Waals surface area (Å²) < 4.78 is 0. The van der Waals surface area contributed by atoms with Gasteiger partial charge in [0.25, 0.3) is 0 Å². The van der Waals surface area contributed by atoms with Crippen molar-refractivity contribution in [1.82, 2.24) is 19.6 Å². The van der Waals surface area contributed by atoms with Crippen molar-refractivity contribution in [2.75, 3.05) is 57.7 Å². The maximum absolute atomic E-state index is 13.6. The number of urea groups is 1. The number of hydrogen-bond donors (Lipinski definition) is 1. The third-order valence-corrected chi connectivity index (χ3v) is 7.16. The molecule has 2 saturated heterocycles. The van der Waals surface area contributed by atoms with Crippen molar-refractivity contribution in [2.24, 2.45) is 5.92 Å². The van der Waals surface area contributed by atoms with Crippen molar-refractivity contribution in [2.45, 2.75) is 38.6 Å². The van der Waals surface area contributed by atoms with Crippen LogP contribution < -0.4 is 5.32 Å². The molecule has 1 aliphatic carbocycles. The number of nitrogens with one attached hydrogen (secondary N) is 1. The lowest BCUT2D eigenvalue weighted by Crippen LogP contribution is -2.61. The Hall–Kier alpha value is -2.61. The van der Waals surface area contributed by atoms with Gasteiger partial charge in [-0.25, -0.2) is 4.79 Å². The van der Waals surface area contributed by atoms with E-state index in [0.717, 1.165) is 18.5 Å². The number of piperazine rings is 2. The van der Waals surface area contributed by atoms with E-state index in [1.807, 2.05) is 45.0 Å². The number of anilines is 1. The number of carbonyl (C=O) groups is 3. The molecule has 1 saturated carbocycles. The summed E-state index contributed by atoms with van der Waals surface area (Å²) in [7, 11) is 0. The second-order valence-electron chi connectivity index (χ2n) is 9.14. The van der Waals surface area contributed by atoms with Gasteiger partial charge in [0.15, 0.2) is 0 Å². The fraction of sp³-hybridized carbons (Fsp3) is 0.625. The van der Waals surface area contributed by atoms with Crippen molar-refractivity contribution in [3.63, 3.8) is 0 Å². The molecule has 1 N–H and O–H groups in total. The highest BCUT2D eigenvalue weighted by atomic mass is 16.2. The molecule has 1 atom stereocenters. The van der Waals surface area contributed by atoms with E-state index >= 15 is 0 Å². The zero-order valence-electron chi connectivity index (χ0n) is 19.0. The fourth-order valence-corrected chi connectivity index (χ4v) is 5.29. The van der Waals surface area contributed by atoms with E-state index < -0.39 is 0 Å². The van der Waals surface area contributed by atoms with E-state index in [1.165, 1.54) is 12.8 Å². The minimum Gasteiger partial charge on any atom is -0.339 e. The number of rotatable bonds is 4. The van der Waals surface area contributed by atoms with Gasteiger partial charge in [0.2, 0.25) is 11.8 Å². The number of para-hydroxylation sites is 1. The van der Waals surface area contributed by atoms with E-state index in [9.17, 15) is 14.4 Å². The molecule has 2 aliphatic heterocycles. The van der Waals surface area contributed by atoms with Crippen molar-refractivity contribution in [3.05, 3.63) is 30.3 Å². The molecule has 0 bridgehead atoms. The molecule has 1 aromatic rings.